The molecule has 5 rings (SSSR count). The number of rotatable bonds is 9. The Hall–Kier alpha value is -6.57. The fourth-order valence-corrected chi connectivity index (χ4v) is 7.28. The van der Waals surface area contributed by atoms with Crippen LogP contribution in [0, 0.1) is 0 Å². The van der Waals surface area contributed by atoms with Crippen molar-refractivity contribution in [2.24, 2.45) is 0 Å². The molecule has 8 bridgehead atoms. The van der Waals surface area contributed by atoms with Gasteiger partial charge in [-0.05, 0) is 88.4 Å². The second-order valence-corrected chi connectivity index (χ2v) is 22.8. The minimum Gasteiger partial charge on any atom is -0.507 e. The average Bonchev–Trinajstić information content (AvgIpc) is 3.24. The van der Waals surface area contributed by atoms with E-state index >= 15 is 0 Å². The van der Waals surface area contributed by atoms with E-state index in [4.69, 9.17) is 9.47 Å². The predicted octanol–water partition coefficient (Wildman–Crippen LogP) is 9.00. The van der Waals surface area contributed by atoms with Gasteiger partial charge >= 0.3 is 11.9 Å². The molecule has 3 amide bonds. The molecule has 4 N–H and O–H groups in total. The summed E-state index contributed by atoms with van der Waals surface area (Å²) in [4.78, 5) is 56.6. The van der Waals surface area contributed by atoms with E-state index in [1.165, 1.54) is 14.7 Å². The summed E-state index contributed by atoms with van der Waals surface area (Å²) in [5, 5.41) is 44.1. The Morgan fingerprint density at radius 2 is 0.592 bits per heavy atom. The highest BCUT2D eigenvalue weighted by molar-refractivity contribution is 5.70. The molecule has 14 heteroatoms. The maximum atomic E-state index is 12.2. The van der Waals surface area contributed by atoms with Crippen molar-refractivity contribution in [1.29, 1.82) is 0 Å². The number of aliphatic carboxylic acids is 2. The van der Waals surface area contributed by atoms with Crippen molar-refractivity contribution in [2.45, 2.75) is 130 Å². The topological polar surface area (TPSA) is 194 Å². The zero-order valence-electron chi connectivity index (χ0n) is 45.6. The monoisotopic (exact) mass is 984 g/mol. The van der Waals surface area contributed by atoms with E-state index in [-0.39, 0.29) is 58.8 Å². The molecule has 0 atom stereocenters. The zero-order valence-corrected chi connectivity index (χ0v) is 45.6. The number of benzene rings is 4. The van der Waals surface area contributed by atoms with Crippen LogP contribution in [0.4, 0.5) is 0 Å². The van der Waals surface area contributed by atoms with Crippen LogP contribution >= 0.6 is 0 Å². The minimum absolute atomic E-state index is 0.0987. The number of carboxylic acid groups (broad SMARTS) is 2. The predicted molar refractivity (Wildman–Crippen MR) is 281 cm³/mol. The van der Waals surface area contributed by atoms with Gasteiger partial charge in [-0.3, -0.25) is 14.4 Å². The molecule has 0 unspecified atom stereocenters. The van der Waals surface area contributed by atoms with E-state index in [1.54, 1.807) is 42.3 Å². The normalized spacial score (nSPS) is 12.2. The van der Waals surface area contributed by atoms with Crippen LogP contribution < -0.4 is 9.47 Å². The SMILES string of the molecule is CC(C)(C)c1cc2c(O)c(c1)Cc1cc(C(C)(C)C)cc(c1OCC(=O)O)Cc1cc(C(C)(C)C)cc(c1O)Cc1cc(C(C)(C)C)cc(c1OCC(=O)O)C2.CN(C)C=O.CN(C)C=O.CN(C)C=O. The molecular weight excluding hydrogens is 903 g/mol. The van der Waals surface area contributed by atoms with Gasteiger partial charge in [0.1, 0.15) is 23.0 Å². The van der Waals surface area contributed by atoms with Crippen molar-refractivity contribution < 1.29 is 53.9 Å². The number of carbonyl (C=O) groups excluding carboxylic acids is 3. The molecule has 4 aromatic rings. The van der Waals surface area contributed by atoms with Crippen molar-refractivity contribution in [1.82, 2.24) is 14.7 Å². The highest BCUT2D eigenvalue weighted by atomic mass is 16.5. The summed E-state index contributed by atoms with van der Waals surface area (Å²) in [6.45, 7) is 24.3. The third-order valence-corrected chi connectivity index (χ3v) is 11.3. The molecular formula is C57H81N3O11. The summed E-state index contributed by atoms with van der Waals surface area (Å²) >= 11 is 0. The molecule has 1 aliphatic rings. The lowest BCUT2D eigenvalue weighted by molar-refractivity contribution is -0.140. The van der Waals surface area contributed by atoms with E-state index in [1.807, 2.05) is 48.5 Å². The van der Waals surface area contributed by atoms with Crippen molar-refractivity contribution in [3.05, 3.63) is 115 Å². The van der Waals surface area contributed by atoms with Gasteiger partial charge in [-0.2, -0.15) is 0 Å². The Morgan fingerprint density at radius 3 is 0.732 bits per heavy atom. The lowest BCUT2D eigenvalue weighted by atomic mass is 9.79. The molecule has 0 aromatic heterocycles. The second-order valence-electron chi connectivity index (χ2n) is 22.8. The smallest absolute Gasteiger partial charge is 0.341 e. The number of phenolic OH excluding ortho intramolecular Hbond substituents is 2. The molecule has 0 radical (unpaired) electrons. The van der Waals surface area contributed by atoms with Gasteiger partial charge in [0.05, 0.1) is 0 Å². The van der Waals surface area contributed by atoms with E-state index in [0.717, 1.165) is 63.7 Å². The van der Waals surface area contributed by atoms with E-state index in [2.05, 4.69) is 83.1 Å². The molecule has 0 saturated heterocycles. The van der Waals surface area contributed by atoms with Crippen LogP contribution in [0.5, 0.6) is 23.0 Å². The maximum absolute atomic E-state index is 12.2. The van der Waals surface area contributed by atoms with Crippen molar-refractivity contribution in [2.75, 3.05) is 55.5 Å². The summed E-state index contributed by atoms with van der Waals surface area (Å²) in [5.41, 5.74) is 8.32. The standard InChI is InChI=1S/C48H60O8.3C3H7NO/c1-45(2,3)35-17-27-13-31-21-37(47(7,8)9)23-33(43(31)55-25-39(49)50)15-29-19-36(46(4,5)6)20-30(42(29)54)16-34-24-38(48(10,11)12)22-32(14-28(18-35)41(27)53)44(34)56-26-40(51)52;3*1-4(2)3-5/h17-24,53-54H,13-16,25-26H2,1-12H3,(H,49,50)(H,51,52);3*3H,1-2H3. The summed E-state index contributed by atoms with van der Waals surface area (Å²) < 4.78 is 12.4. The highest BCUT2D eigenvalue weighted by Crippen LogP contribution is 2.43. The number of carbonyl (C=O) groups is 5. The number of hydrogen-bond acceptors (Lipinski definition) is 9. The molecule has 0 spiro atoms. The third-order valence-electron chi connectivity index (χ3n) is 11.3. The molecule has 0 fully saturated rings. The summed E-state index contributed by atoms with van der Waals surface area (Å²) in [5.74, 6) is -1.19. The van der Waals surface area contributed by atoms with Crippen LogP contribution in [0.15, 0.2) is 48.5 Å². The van der Waals surface area contributed by atoms with Crippen molar-refractivity contribution >= 4 is 31.2 Å². The van der Waals surface area contributed by atoms with Gasteiger partial charge in [0.25, 0.3) is 0 Å². The summed E-state index contributed by atoms with van der Waals surface area (Å²) in [6, 6.07) is 16.2. The largest absolute Gasteiger partial charge is 0.507 e. The van der Waals surface area contributed by atoms with Crippen LogP contribution in [0.25, 0.3) is 0 Å². The second kappa shape index (κ2) is 25.0. The van der Waals surface area contributed by atoms with Crippen molar-refractivity contribution in [3.8, 4) is 23.0 Å². The quantitative estimate of drug-likeness (QED) is 0.103. The molecule has 71 heavy (non-hydrogen) atoms. The first-order valence-electron chi connectivity index (χ1n) is 23.6. The van der Waals surface area contributed by atoms with E-state index in [9.17, 15) is 44.4 Å². The van der Waals surface area contributed by atoms with Gasteiger partial charge in [0, 0.05) is 68.0 Å². The molecule has 0 heterocycles. The first kappa shape index (κ1) is 60.6. The molecule has 14 nitrogen and oxygen atoms in total. The first-order valence-corrected chi connectivity index (χ1v) is 23.6. The Balaban J connectivity index is 0.00000100. The van der Waals surface area contributed by atoms with E-state index in [0.29, 0.717) is 33.8 Å². The molecule has 0 aliphatic heterocycles. The van der Waals surface area contributed by atoms with Crippen LogP contribution in [-0.2, 0) is 71.3 Å². The highest BCUT2D eigenvalue weighted by Gasteiger charge is 2.29. The van der Waals surface area contributed by atoms with Crippen LogP contribution in [-0.4, -0.2) is 122 Å². The number of aromatic hydroxyl groups is 2. The number of phenols is 2. The first-order chi connectivity index (χ1) is 32.5. The number of hydrogen-bond donors (Lipinski definition) is 4. The Bertz CT molecular complexity index is 2220. The van der Waals surface area contributed by atoms with Crippen molar-refractivity contribution in [3.63, 3.8) is 0 Å². The number of nitrogens with zero attached hydrogens (tertiary/aromatic N) is 3. The van der Waals surface area contributed by atoms with Crippen LogP contribution in [0.1, 0.15) is 150 Å². The fourth-order valence-electron chi connectivity index (χ4n) is 7.28. The Labute approximate surface area is 422 Å². The van der Waals surface area contributed by atoms with Gasteiger partial charge in [-0.15, -0.1) is 0 Å². The summed E-state index contributed by atoms with van der Waals surface area (Å²) in [6.07, 6.45) is 3.21. The number of amides is 3. The lowest BCUT2D eigenvalue weighted by Gasteiger charge is -2.28. The van der Waals surface area contributed by atoms with Crippen LogP contribution in [0.2, 0.25) is 0 Å². The Kier molecular flexibility index (Phi) is 21.3. The fraction of sp³-hybridized carbons (Fsp3) is 0.491. The van der Waals surface area contributed by atoms with Crippen LogP contribution in [0.3, 0.4) is 0 Å². The van der Waals surface area contributed by atoms with Gasteiger partial charge in [-0.1, -0.05) is 132 Å². The molecule has 0 saturated carbocycles. The zero-order chi connectivity index (χ0) is 54.6. The number of ether oxygens (including phenoxy) is 2. The third kappa shape index (κ3) is 18.6. The van der Waals surface area contributed by atoms with Gasteiger partial charge < -0.3 is 44.6 Å². The van der Waals surface area contributed by atoms with Gasteiger partial charge in [0.2, 0.25) is 19.2 Å². The van der Waals surface area contributed by atoms with Gasteiger partial charge in [-0.25, -0.2) is 9.59 Å². The molecule has 1 aliphatic carbocycles. The average molecular weight is 984 g/mol. The van der Waals surface area contributed by atoms with Gasteiger partial charge in [0.15, 0.2) is 13.2 Å². The lowest BCUT2D eigenvalue weighted by Crippen LogP contribution is -2.18. The molecule has 4 aromatic carbocycles. The number of fused-ring (bicyclic) bond motifs is 8. The summed E-state index contributed by atoms with van der Waals surface area (Å²) in [7, 11) is 10.1. The maximum Gasteiger partial charge on any atom is 0.341 e. The Morgan fingerprint density at radius 1 is 0.423 bits per heavy atom. The number of carboxylic acids is 2. The minimum atomic E-state index is -1.11. The molecule has 390 valence electrons. The van der Waals surface area contributed by atoms with E-state index < -0.39 is 25.2 Å².